The molecule has 4 heterocycles. The zero-order chi connectivity index (χ0) is 27.5. The van der Waals surface area contributed by atoms with Crippen LogP contribution in [0.15, 0.2) is 42.5 Å². The average Bonchev–Trinajstić information content (AvgIpc) is 3.41. The summed E-state index contributed by atoms with van der Waals surface area (Å²) in [6, 6.07) is 16.3. The first kappa shape index (κ1) is 27.4. The minimum Gasteiger partial charge on any atom is -0.371 e. The van der Waals surface area contributed by atoms with Crippen molar-refractivity contribution in [3.8, 4) is 6.07 Å². The fraction of sp³-hybridized carbons (Fsp3) is 0.562. The first-order valence-corrected chi connectivity index (χ1v) is 15.4. The highest BCUT2D eigenvalue weighted by atomic mass is 35.5. The van der Waals surface area contributed by atoms with Gasteiger partial charge in [0.1, 0.15) is 6.07 Å². The molecule has 1 spiro atoms. The number of benzene rings is 2. The molecule has 212 valence electrons. The number of hydrogen-bond acceptors (Lipinski definition) is 6. The SMILES string of the molecule is N#Cc1ccc(N2CCC3(CCN(c4ccc(C(=O)N5CCN(CC6CCNCC6)CC5)cc4)CC3)C2)cc1Cl. The zero-order valence-corrected chi connectivity index (χ0v) is 24.2. The summed E-state index contributed by atoms with van der Waals surface area (Å²) < 4.78 is 0. The maximum Gasteiger partial charge on any atom is 0.253 e. The van der Waals surface area contributed by atoms with Crippen molar-refractivity contribution in [2.75, 3.05) is 81.8 Å². The van der Waals surface area contributed by atoms with Gasteiger partial charge in [-0.3, -0.25) is 9.69 Å². The van der Waals surface area contributed by atoms with E-state index in [0.717, 1.165) is 95.5 Å². The van der Waals surface area contributed by atoms with E-state index in [1.807, 2.05) is 35.2 Å². The lowest BCUT2D eigenvalue weighted by molar-refractivity contribution is 0.0608. The Morgan fingerprint density at radius 1 is 0.900 bits per heavy atom. The van der Waals surface area contributed by atoms with Gasteiger partial charge in [-0.1, -0.05) is 11.6 Å². The van der Waals surface area contributed by atoms with Crippen LogP contribution in [0.2, 0.25) is 5.02 Å². The van der Waals surface area contributed by atoms with Crippen molar-refractivity contribution in [2.24, 2.45) is 11.3 Å². The van der Waals surface area contributed by atoms with Crippen LogP contribution in [0.1, 0.15) is 48.0 Å². The molecular formula is C32H41ClN6O. The Labute approximate surface area is 243 Å². The van der Waals surface area contributed by atoms with E-state index in [0.29, 0.717) is 16.0 Å². The molecule has 0 aromatic heterocycles. The molecule has 0 saturated carbocycles. The van der Waals surface area contributed by atoms with Gasteiger partial charge in [-0.15, -0.1) is 0 Å². The molecule has 0 radical (unpaired) electrons. The number of nitriles is 1. The van der Waals surface area contributed by atoms with Gasteiger partial charge in [0.05, 0.1) is 10.6 Å². The van der Waals surface area contributed by atoms with Crippen molar-refractivity contribution in [2.45, 2.75) is 32.1 Å². The molecule has 0 unspecified atom stereocenters. The number of rotatable bonds is 5. The lowest BCUT2D eigenvalue weighted by Gasteiger charge is -2.40. The molecule has 4 aliphatic heterocycles. The molecule has 7 nitrogen and oxygen atoms in total. The van der Waals surface area contributed by atoms with Crippen LogP contribution >= 0.6 is 11.6 Å². The fourth-order valence-electron chi connectivity index (χ4n) is 7.15. The Morgan fingerprint density at radius 3 is 2.20 bits per heavy atom. The summed E-state index contributed by atoms with van der Waals surface area (Å²) in [5.74, 6) is 0.967. The molecule has 2 aromatic rings. The first-order valence-electron chi connectivity index (χ1n) is 15.0. The summed E-state index contributed by atoms with van der Waals surface area (Å²) in [6.07, 6.45) is 6.06. The molecule has 40 heavy (non-hydrogen) atoms. The maximum atomic E-state index is 13.2. The monoisotopic (exact) mass is 560 g/mol. The van der Waals surface area contributed by atoms with Crippen LogP contribution in [-0.2, 0) is 0 Å². The van der Waals surface area contributed by atoms with Gasteiger partial charge in [0.15, 0.2) is 0 Å². The highest BCUT2D eigenvalue weighted by molar-refractivity contribution is 6.32. The van der Waals surface area contributed by atoms with Crippen LogP contribution in [0.4, 0.5) is 11.4 Å². The first-order chi connectivity index (χ1) is 19.5. The van der Waals surface area contributed by atoms with E-state index in [9.17, 15) is 10.1 Å². The Balaban J connectivity index is 0.983. The topological polar surface area (TPSA) is 65.9 Å². The highest BCUT2D eigenvalue weighted by Gasteiger charge is 2.40. The van der Waals surface area contributed by atoms with Gasteiger partial charge < -0.3 is 20.0 Å². The molecule has 6 rings (SSSR count). The molecule has 1 N–H and O–H groups in total. The van der Waals surface area contributed by atoms with E-state index >= 15 is 0 Å². The Bertz CT molecular complexity index is 1220. The van der Waals surface area contributed by atoms with Crippen molar-refractivity contribution in [3.63, 3.8) is 0 Å². The zero-order valence-electron chi connectivity index (χ0n) is 23.5. The summed E-state index contributed by atoms with van der Waals surface area (Å²) in [7, 11) is 0. The average molecular weight is 561 g/mol. The largest absolute Gasteiger partial charge is 0.371 e. The number of anilines is 2. The summed E-state index contributed by atoms with van der Waals surface area (Å²) in [5.41, 5.74) is 4.00. The minimum absolute atomic E-state index is 0.166. The number of carbonyl (C=O) groups excluding carboxylic acids is 1. The van der Waals surface area contributed by atoms with Gasteiger partial charge in [-0.25, -0.2) is 0 Å². The Hall–Kier alpha value is -2.79. The van der Waals surface area contributed by atoms with E-state index < -0.39 is 0 Å². The molecule has 0 aliphatic carbocycles. The third-order valence-electron chi connectivity index (χ3n) is 9.81. The van der Waals surface area contributed by atoms with Crippen molar-refractivity contribution in [1.29, 1.82) is 5.26 Å². The van der Waals surface area contributed by atoms with Crippen molar-refractivity contribution in [1.82, 2.24) is 15.1 Å². The third-order valence-corrected chi connectivity index (χ3v) is 10.1. The van der Waals surface area contributed by atoms with Crippen molar-refractivity contribution in [3.05, 3.63) is 58.6 Å². The van der Waals surface area contributed by atoms with Crippen LogP contribution < -0.4 is 15.1 Å². The second-order valence-electron chi connectivity index (χ2n) is 12.3. The van der Waals surface area contributed by atoms with Gasteiger partial charge in [-0.05, 0) is 99.0 Å². The van der Waals surface area contributed by atoms with Gasteiger partial charge in [0.2, 0.25) is 0 Å². The summed E-state index contributed by atoms with van der Waals surface area (Å²) >= 11 is 6.30. The van der Waals surface area contributed by atoms with Gasteiger partial charge in [0, 0.05) is 75.8 Å². The number of halogens is 1. The second-order valence-corrected chi connectivity index (χ2v) is 12.7. The van der Waals surface area contributed by atoms with Crippen molar-refractivity contribution >= 4 is 28.9 Å². The lowest BCUT2D eigenvalue weighted by atomic mass is 9.77. The van der Waals surface area contributed by atoms with Crippen LogP contribution in [0.3, 0.4) is 0 Å². The van der Waals surface area contributed by atoms with E-state index in [2.05, 4.69) is 38.2 Å². The number of piperazine rings is 1. The smallest absolute Gasteiger partial charge is 0.253 e. The van der Waals surface area contributed by atoms with E-state index in [4.69, 9.17) is 11.6 Å². The normalized spacial score (nSPS) is 22.1. The quantitative estimate of drug-likeness (QED) is 0.582. The molecule has 4 fully saturated rings. The molecule has 0 atom stereocenters. The van der Waals surface area contributed by atoms with Crippen LogP contribution in [-0.4, -0.2) is 87.7 Å². The maximum absolute atomic E-state index is 13.2. The molecule has 2 aromatic carbocycles. The summed E-state index contributed by atoms with van der Waals surface area (Å²) in [5, 5.41) is 13.2. The van der Waals surface area contributed by atoms with Crippen LogP contribution in [0, 0.1) is 22.7 Å². The lowest BCUT2D eigenvalue weighted by Crippen LogP contribution is -2.50. The van der Waals surface area contributed by atoms with Crippen LogP contribution in [0.5, 0.6) is 0 Å². The summed E-state index contributed by atoms with van der Waals surface area (Å²) in [6.45, 7) is 11.2. The molecule has 8 heteroatoms. The number of nitrogens with one attached hydrogen (secondary N) is 1. The number of hydrogen-bond donors (Lipinski definition) is 1. The van der Waals surface area contributed by atoms with Crippen LogP contribution in [0.25, 0.3) is 0 Å². The van der Waals surface area contributed by atoms with E-state index in [1.54, 1.807) is 0 Å². The minimum atomic E-state index is 0.166. The summed E-state index contributed by atoms with van der Waals surface area (Å²) in [4.78, 5) is 22.7. The highest BCUT2D eigenvalue weighted by Crippen LogP contribution is 2.43. The van der Waals surface area contributed by atoms with E-state index in [-0.39, 0.29) is 5.91 Å². The molecule has 0 bridgehead atoms. The third kappa shape index (κ3) is 5.95. The van der Waals surface area contributed by atoms with Gasteiger partial charge >= 0.3 is 0 Å². The standard InChI is InChI=1S/C32H41ClN6O/c33-30-21-29(6-3-27(30)22-34)39-16-11-32(24-39)9-14-37(15-10-32)28-4-1-26(2-5-28)31(40)38-19-17-36(18-20-38)23-25-7-12-35-13-8-25/h1-6,21,25,35H,7-20,23-24H2. The van der Waals surface area contributed by atoms with Crippen molar-refractivity contribution < 1.29 is 4.79 Å². The number of piperidine rings is 2. The molecule has 4 aliphatic rings. The van der Waals surface area contributed by atoms with E-state index in [1.165, 1.54) is 31.5 Å². The van der Waals surface area contributed by atoms with Gasteiger partial charge in [0.25, 0.3) is 5.91 Å². The Kier molecular flexibility index (Phi) is 8.20. The number of nitrogens with zero attached hydrogens (tertiary/aromatic N) is 5. The number of amides is 1. The predicted octanol–water partition coefficient (Wildman–Crippen LogP) is 4.47. The number of carbonyl (C=O) groups is 1. The fourth-order valence-corrected chi connectivity index (χ4v) is 7.37. The molecule has 1 amide bonds. The molecular weight excluding hydrogens is 520 g/mol. The van der Waals surface area contributed by atoms with Gasteiger partial charge in [-0.2, -0.15) is 5.26 Å². The predicted molar refractivity (Wildman–Crippen MR) is 161 cm³/mol. The molecule has 4 saturated heterocycles. The Morgan fingerprint density at radius 2 is 1.55 bits per heavy atom. The second kappa shape index (κ2) is 12.0.